The third-order valence-electron chi connectivity index (χ3n) is 4.31. The standard InChI is InChI=1S/C19H23F2IO/c1-2-3-4-5-6-8-15-9-7-12-19(14-15,23-22)17-11-10-16(20)13-18(17)21/h7,9-13H,2-6,8,14H2,1H3. The average molecular weight is 432 g/mol. The summed E-state index contributed by atoms with van der Waals surface area (Å²) in [5.74, 6) is -1.13. The van der Waals surface area contributed by atoms with Crippen LogP contribution in [-0.2, 0) is 8.67 Å². The van der Waals surface area contributed by atoms with Gasteiger partial charge in [0.1, 0.15) is 40.2 Å². The highest BCUT2D eigenvalue weighted by molar-refractivity contribution is 14.1. The lowest BCUT2D eigenvalue weighted by Gasteiger charge is -2.32. The van der Waals surface area contributed by atoms with Gasteiger partial charge in [0.05, 0.1) is 0 Å². The van der Waals surface area contributed by atoms with Crippen LogP contribution in [0.15, 0.2) is 42.0 Å². The second kappa shape index (κ2) is 8.92. The fraction of sp³-hybridized carbons (Fsp3) is 0.474. The zero-order valence-corrected chi connectivity index (χ0v) is 15.6. The predicted molar refractivity (Wildman–Crippen MR) is 98.4 cm³/mol. The van der Waals surface area contributed by atoms with Gasteiger partial charge in [0.2, 0.25) is 0 Å². The molecule has 0 spiro atoms. The van der Waals surface area contributed by atoms with E-state index in [-0.39, 0.29) is 0 Å². The van der Waals surface area contributed by atoms with E-state index in [1.165, 1.54) is 43.4 Å². The van der Waals surface area contributed by atoms with Gasteiger partial charge in [-0.3, -0.25) is 3.07 Å². The molecular formula is C19H23F2IO. The average Bonchev–Trinajstić information content (AvgIpc) is 2.55. The molecule has 0 aromatic heterocycles. The summed E-state index contributed by atoms with van der Waals surface area (Å²) in [6.07, 6.45) is 13.6. The van der Waals surface area contributed by atoms with E-state index >= 15 is 0 Å². The fourth-order valence-corrected chi connectivity index (χ4v) is 3.57. The van der Waals surface area contributed by atoms with Crippen LogP contribution >= 0.6 is 23.0 Å². The number of hydrogen-bond acceptors (Lipinski definition) is 1. The summed E-state index contributed by atoms with van der Waals surface area (Å²) >= 11 is 1.82. The lowest BCUT2D eigenvalue weighted by atomic mass is 9.82. The maximum atomic E-state index is 14.2. The van der Waals surface area contributed by atoms with E-state index in [0.717, 1.165) is 18.9 Å². The Morgan fingerprint density at radius 3 is 2.65 bits per heavy atom. The van der Waals surface area contributed by atoms with Crippen LogP contribution in [0.25, 0.3) is 0 Å². The number of benzene rings is 1. The summed E-state index contributed by atoms with van der Waals surface area (Å²) in [5.41, 5.74) is 0.803. The number of allylic oxidation sites excluding steroid dienone is 2. The first kappa shape index (κ1) is 18.6. The predicted octanol–water partition coefficient (Wildman–Crippen LogP) is 6.77. The van der Waals surface area contributed by atoms with Crippen LogP contribution in [0.1, 0.15) is 57.4 Å². The van der Waals surface area contributed by atoms with Crippen LogP contribution < -0.4 is 0 Å². The summed E-state index contributed by atoms with van der Waals surface area (Å²) in [4.78, 5) is 0. The van der Waals surface area contributed by atoms with Crippen molar-refractivity contribution in [1.29, 1.82) is 0 Å². The lowest BCUT2D eigenvalue weighted by Crippen LogP contribution is -2.27. The van der Waals surface area contributed by atoms with E-state index in [4.69, 9.17) is 3.07 Å². The topological polar surface area (TPSA) is 9.23 Å². The molecule has 1 nitrogen and oxygen atoms in total. The van der Waals surface area contributed by atoms with E-state index < -0.39 is 17.2 Å². The van der Waals surface area contributed by atoms with E-state index in [1.807, 2.05) is 35.2 Å². The van der Waals surface area contributed by atoms with Gasteiger partial charge in [-0.05, 0) is 31.1 Å². The minimum atomic E-state index is -0.841. The molecule has 0 N–H and O–H groups in total. The maximum Gasteiger partial charge on any atom is 0.132 e. The molecule has 0 heterocycles. The molecule has 1 atom stereocenters. The van der Waals surface area contributed by atoms with Crippen molar-refractivity contribution in [3.63, 3.8) is 0 Å². The molecule has 0 amide bonds. The van der Waals surface area contributed by atoms with Gasteiger partial charge in [0.25, 0.3) is 0 Å². The van der Waals surface area contributed by atoms with Gasteiger partial charge < -0.3 is 0 Å². The van der Waals surface area contributed by atoms with Crippen LogP contribution in [-0.4, -0.2) is 0 Å². The number of rotatable bonds is 8. The van der Waals surface area contributed by atoms with Gasteiger partial charge in [-0.15, -0.1) is 0 Å². The fourth-order valence-electron chi connectivity index (χ4n) is 3.03. The summed E-state index contributed by atoms with van der Waals surface area (Å²) in [7, 11) is 0. The first-order valence-electron chi connectivity index (χ1n) is 8.24. The van der Waals surface area contributed by atoms with E-state index in [0.29, 0.717) is 12.0 Å². The van der Waals surface area contributed by atoms with Gasteiger partial charge in [0.15, 0.2) is 0 Å². The summed E-state index contributed by atoms with van der Waals surface area (Å²) in [5, 5.41) is 0. The Morgan fingerprint density at radius 2 is 1.96 bits per heavy atom. The molecule has 1 aliphatic carbocycles. The number of halogens is 3. The molecule has 1 unspecified atom stereocenters. The first-order chi connectivity index (χ1) is 11.1. The van der Waals surface area contributed by atoms with Crippen molar-refractivity contribution in [3.8, 4) is 0 Å². The summed E-state index contributed by atoms with van der Waals surface area (Å²) < 4.78 is 33.0. The normalized spacial score (nSPS) is 20.6. The highest BCUT2D eigenvalue weighted by Crippen LogP contribution is 2.41. The molecular weight excluding hydrogens is 409 g/mol. The second-order valence-corrected chi connectivity index (χ2v) is 6.56. The van der Waals surface area contributed by atoms with Gasteiger partial charge in [-0.25, -0.2) is 8.78 Å². The maximum absolute atomic E-state index is 14.2. The second-order valence-electron chi connectivity index (χ2n) is 6.12. The Bertz CT molecular complexity index is 583. The zero-order valence-electron chi connectivity index (χ0n) is 13.5. The quantitative estimate of drug-likeness (QED) is 0.325. The van der Waals surface area contributed by atoms with Gasteiger partial charge in [0, 0.05) is 18.1 Å². The first-order valence-corrected chi connectivity index (χ1v) is 9.12. The third kappa shape index (κ3) is 4.86. The van der Waals surface area contributed by atoms with Crippen LogP contribution in [0, 0.1) is 11.6 Å². The highest BCUT2D eigenvalue weighted by atomic mass is 127. The van der Waals surface area contributed by atoms with Crippen LogP contribution in [0.5, 0.6) is 0 Å². The molecule has 0 radical (unpaired) electrons. The molecule has 0 saturated carbocycles. The number of hydrogen-bond donors (Lipinski definition) is 0. The highest BCUT2D eigenvalue weighted by Gasteiger charge is 2.35. The summed E-state index contributed by atoms with van der Waals surface area (Å²) in [6, 6.07) is 3.69. The van der Waals surface area contributed by atoms with Gasteiger partial charge in [-0.1, -0.05) is 50.3 Å². The Labute approximate surface area is 151 Å². The van der Waals surface area contributed by atoms with Crippen molar-refractivity contribution in [2.45, 2.75) is 57.5 Å². The van der Waals surface area contributed by atoms with Crippen LogP contribution in [0.4, 0.5) is 8.78 Å². The van der Waals surface area contributed by atoms with Crippen molar-refractivity contribution in [3.05, 3.63) is 59.2 Å². The molecule has 1 aliphatic rings. The van der Waals surface area contributed by atoms with E-state index in [1.54, 1.807) is 0 Å². The minimum absolute atomic E-state index is 0.390. The van der Waals surface area contributed by atoms with E-state index in [9.17, 15) is 8.78 Å². The molecule has 2 rings (SSSR count). The summed E-state index contributed by atoms with van der Waals surface area (Å²) in [6.45, 7) is 2.21. The van der Waals surface area contributed by atoms with Crippen molar-refractivity contribution < 1.29 is 11.8 Å². The van der Waals surface area contributed by atoms with Crippen LogP contribution in [0.3, 0.4) is 0 Å². The third-order valence-corrected chi connectivity index (χ3v) is 5.10. The Hall–Kier alpha value is -0.750. The molecule has 0 aliphatic heterocycles. The van der Waals surface area contributed by atoms with Crippen LogP contribution in [0.2, 0.25) is 0 Å². The molecule has 1 aromatic carbocycles. The minimum Gasteiger partial charge on any atom is -0.300 e. The Morgan fingerprint density at radius 1 is 1.17 bits per heavy atom. The van der Waals surface area contributed by atoms with Crippen molar-refractivity contribution in [2.24, 2.45) is 0 Å². The van der Waals surface area contributed by atoms with E-state index in [2.05, 4.69) is 13.0 Å². The zero-order chi connectivity index (χ0) is 16.7. The van der Waals surface area contributed by atoms with Gasteiger partial charge in [-0.2, -0.15) is 0 Å². The van der Waals surface area contributed by atoms with Crippen molar-refractivity contribution >= 4 is 23.0 Å². The molecule has 4 heteroatoms. The molecule has 126 valence electrons. The molecule has 0 fully saturated rings. The monoisotopic (exact) mass is 432 g/mol. The lowest BCUT2D eigenvalue weighted by molar-refractivity contribution is 0.178. The molecule has 0 bridgehead atoms. The number of unbranched alkanes of at least 4 members (excludes halogenated alkanes) is 4. The van der Waals surface area contributed by atoms with Crippen molar-refractivity contribution in [1.82, 2.24) is 0 Å². The van der Waals surface area contributed by atoms with Crippen molar-refractivity contribution in [2.75, 3.05) is 0 Å². The SMILES string of the molecule is CCCCCCCC1=CC=CC(OI)(c2ccc(F)cc2F)C1. The Balaban J connectivity index is 2.06. The smallest absolute Gasteiger partial charge is 0.132 e. The molecule has 23 heavy (non-hydrogen) atoms. The Kier molecular flexibility index (Phi) is 7.21. The van der Waals surface area contributed by atoms with Gasteiger partial charge >= 0.3 is 0 Å². The largest absolute Gasteiger partial charge is 0.300 e. The molecule has 0 saturated heterocycles. The molecule has 1 aromatic rings.